The van der Waals surface area contributed by atoms with Crippen molar-refractivity contribution >= 4 is 5.97 Å². The van der Waals surface area contributed by atoms with Gasteiger partial charge in [-0.3, -0.25) is 0 Å². The van der Waals surface area contributed by atoms with Gasteiger partial charge in [-0.25, -0.2) is 0 Å². The van der Waals surface area contributed by atoms with E-state index in [2.05, 4.69) is 6.92 Å². The zero-order chi connectivity index (χ0) is 13.6. The Bertz CT molecular complexity index is 195. The second-order valence-electron chi connectivity index (χ2n) is 5.26. The molecule has 2 N–H and O–H groups in total. The van der Waals surface area contributed by atoms with Crippen LogP contribution in [-0.4, -0.2) is 12.5 Å². The van der Waals surface area contributed by atoms with E-state index in [0.29, 0.717) is 12.5 Å². The zero-order valence-corrected chi connectivity index (χ0v) is 12.0. The van der Waals surface area contributed by atoms with Crippen molar-refractivity contribution in [1.82, 2.24) is 0 Å². The molecule has 0 aliphatic heterocycles. The van der Waals surface area contributed by atoms with Gasteiger partial charge in [0.2, 0.25) is 0 Å². The van der Waals surface area contributed by atoms with Crippen molar-refractivity contribution in [2.75, 3.05) is 6.54 Å². The summed E-state index contributed by atoms with van der Waals surface area (Å²) in [6.45, 7) is 2.89. The average Bonchev–Trinajstić information content (AvgIpc) is 2.34. The number of hydrogen-bond donors (Lipinski definition) is 1. The summed E-state index contributed by atoms with van der Waals surface area (Å²) in [6, 6.07) is 0. The fourth-order valence-electron chi connectivity index (χ4n) is 2.38. The highest BCUT2D eigenvalue weighted by atomic mass is 16.4. The molecule has 18 heavy (non-hydrogen) atoms. The lowest BCUT2D eigenvalue weighted by Gasteiger charge is -2.16. The summed E-state index contributed by atoms with van der Waals surface area (Å²) in [7, 11) is 0. The first-order valence-electron chi connectivity index (χ1n) is 7.60. The smallest absolute Gasteiger partial charge is 0.0414 e. The van der Waals surface area contributed by atoms with E-state index < -0.39 is 5.97 Å². The molecule has 0 saturated carbocycles. The summed E-state index contributed by atoms with van der Waals surface area (Å²) in [5, 5.41) is 10.4. The maximum Gasteiger partial charge on any atom is 0.0414 e. The monoisotopic (exact) mass is 256 g/mol. The van der Waals surface area contributed by atoms with E-state index in [9.17, 15) is 9.90 Å². The molecule has 0 amide bonds. The topological polar surface area (TPSA) is 66.2 Å². The minimum Gasteiger partial charge on any atom is -0.550 e. The van der Waals surface area contributed by atoms with E-state index in [1.165, 1.54) is 44.9 Å². The van der Waals surface area contributed by atoms with Gasteiger partial charge in [0.05, 0.1) is 0 Å². The molecule has 0 aromatic rings. The van der Waals surface area contributed by atoms with Crippen LogP contribution in [0.3, 0.4) is 0 Å². The predicted molar refractivity (Wildman–Crippen MR) is 74.0 cm³/mol. The number of rotatable bonds is 13. The average molecular weight is 256 g/mol. The third-order valence-electron chi connectivity index (χ3n) is 3.55. The van der Waals surface area contributed by atoms with Gasteiger partial charge in [-0.15, -0.1) is 0 Å². The highest BCUT2D eigenvalue weighted by Crippen LogP contribution is 2.19. The number of carboxylic acid groups (broad SMARTS) is 1. The van der Waals surface area contributed by atoms with Crippen LogP contribution in [0.1, 0.15) is 77.6 Å². The predicted octanol–water partition coefficient (Wildman–Crippen LogP) is 2.62. The molecule has 0 saturated heterocycles. The Hall–Kier alpha value is -0.570. The molecule has 0 aromatic carbocycles. The maximum atomic E-state index is 10.4. The van der Waals surface area contributed by atoms with Gasteiger partial charge in [0.1, 0.15) is 0 Å². The Morgan fingerprint density at radius 1 is 1.00 bits per heavy atom. The Labute approximate surface area is 112 Å². The first-order chi connectivity index (χ1) is 8.70. The van der Waals surface area contributed by atoms with Gasteiger partial charge >= 0.3 is 0 Å². The first kappa shape index (κ1) is 17.4. The lowest BCUT2D eigenvalue weighted by atomic mass is 9.93. The molecule has 0 bridgehead atoms. The van der Waals surface area contributed by atoms with Crippen LogP contribution in [0.15, 0.2) is 0 Å². The van der Waals surface area contributed by atoms with Crippen molar-refractivity contribution in [3.8, 4) is 0 Å². The highest BCUT2D eigenvalue weighted by molar-refractivity contribution is 5.64. The van der Waals surface area contributed by atoms with E-state index >= 15 is 0 Å². The Balaban J connectivity index is 3.48. The standard InChI is InChI=1S/C15H31NO2/c1-2-3-4-5-6-7-8-9-14(12-13-16)10-11-15(17)18/h14H,2-13,16H2,1H3,(H,17,18)/p-1. The number of nitrogens with two attached hydrogens (primary N) is 1. The van der Waals surface area contributed by atoms with Crippen LogP contribution in [0.5, 0.6) is 0 Å². The van der Waals surface area contributed by atoms with Crippen LogP contribution < -0.4 is 10.8 Å². The molecule has 0 aliphatic carbocycles. The number of carbonyl (C=O) groups excluding carboxylic acids is 1. The Morgan fingerprint density at radius 3 is 2.17 bits per heavy atom. The molecule has 0 radical (unpaired) electrons. The largest absolute Gasteiger partial charge is 0.550 e. The molecule has 3 heteroatoms. The summed E-state index contributed by atoms with van der Waals surface area (Å²) in [4.78, 5) is 10.4. The second kappa shape index (κ2) is 12.9. The highest BCUT2D eigenvalue weighted by Gasteiger charge is 2.07. The lowest BCUT2D eigenvalue weighted by Crippen LogP contribution is -2.23. The molecule has 0 rings (SSSR count). The van der Waals surface area contributed by atoms with Gasteiger partial charge in [-0.2, -0.15) is 0 Å². The van der Waals surface area contributed by atoms with Gasteiger partial charge in [0.25, 0.3) is 0 Å². The van der Waals surface area contributed by atoms with Gasteiger partial charge in [0.15, 0.2) is 0 Å². The van der Waals surface area contributed by atoms with Gasteiger partial charge < -0.3 is 15.6 Å². The van der Waals surface area contributed by atoms with Crippen LogP contribution in [0.2, 0.25) is 0 Å². The SMILES string of the molecule is CCCCCCCCCC(CCN)CCC(=O)[O-]. The minimum atomic E-state index is -0.934. The number of aliphatic carboxylic acids is 1. The number of carboxylic acids is 1. The summed E-state index contributed by atoms with van der Waals surface area (Å²) >= 11 is 0. The van der Waals surface area contributed by atoms with Gasteiger partial charge in [-0.05, 0) is 31.7 Å². The van der Waals surface area contributed by atoms with E-state index in [-0.39, 0.29) is 6.42 Å². The first-order valence-corrected chi connectivity index (χ1v) is 7.60. The number of hydrogen-bond acceptors (Lipinski definition) is 3. The van der Waals surface area contributed by atoms with E-state index in [0.717, 1.165) is 19.3 Å². The van der Waals surface area contributed by atoms with Crippen molar-refractivity contribution < 1.29 is 9.90 Å². The molecule has 1 atom stereocenters. The fourth-order valence-corrected chi connectivity index (χ4v) is 2.38. The van der Waals surface area contributed by atoms with Crippen LogP contribution in [0.4, 0.5) is 0 Å². The Morgan fingerprint density at radius 2 is 1.61 bits per heavy atom. The normalized spacial score (nSPS) is 12.6. The summed E-state index contributed by atoms with van der Waals surface area (Å²) < 4.78 is 0. The third-order valence-corrected chi connectivity index (χ3v) is 3.55. The van der Waals surface area contributed by atoms with Crippen LogP contribution in [-0.2, 0) is 4.79 Å². The summed E-state index contributed by atoms with van der Waals surface area (Å²) in [5.41, 5.74) is 5.56. The number of carbonyl (C=O) groups is 1. The molecule has 3 nitrogen and oxygen atoms in total. The van der Waals surface area contributed by atoms with Crippen LogP contribution in [0, 0.1) is 5.92 Å². The molecule has 108 valence electrons. The summed E-state index contributed by atoms with van der Waals surface area (Å²) in [5.74, 6) is -0.458. The van der Waals surface area contributed by atoms with E-state index in [1.807, 2.05) is 0 Å². The van der Waals surface area contributed by atoms with Crippen LogP contribution >= 0.6 is 0 Å². The van der Waals surface area contributed by atoms with Gasteiger partial charge in [0, 0.05) is 5.97 Å². The quantitative estimate of drug-likeness (QED) is 0.515. The molecule has 0 aromatic heterocycles. The molecular formula is C15H30NO2-. The Kier molecular flexibility index (Phi) is 12.5. The van der Waals surface area contributed by atoms with Crippen molar-refractivity contribution in [3.05, 3.63) is 0 Å². The molecule has 0 fully saturated rings. The van der Waals surface area contributed by atoms with Crippen LogP contribution in [0.25, 0.3) is 0 Å². The molecule has 0 spiro atoms. The van der Waals surface area contributed by atoms with E-state index in [4.69, 9.17) is 5.73 Å². The van der Waals surface area contributed by atoms with Crippen molar-refractivity contribution in [2.45, 2.75) is 77.6 Å². The zero-order valence-electron chi connectivity index (χ0n) is 12.0. The van der Waals surface area contributed by atoms with Crippen molar-refractivity contribution in [3.63, 3.8) is 0 Å². The lowest BCUT2D eigenvalue weighted by molar-refractivity contribution is -0.306. The number of unbranched alkanes of at least 4 members (excludes halogenated alkanes) is 6. The van der Waals surface area contributed by atoms with Gasteiger partial charge in [-0.1, -0.05) is 58.3 Å². The van der Waals surface area contributed by atoms with Crippen molar-refractivity contribution in [2.24, 2.45) is 11.7 Å². The van der Waals surface area contributed by atoms with Crippen molar-refractivity contribution in [1.29, 1.82) is 0 Å². The third kappa shape index (κ3) is 11.9. The fraction of sp³-hybridized carbons (Fsp3) is 0.933. The molecule has 1 unspecified atom stereocenters. The molecule has 0 heterocycles. The maximum absolute atomic E-state index is 10.4. The summed E-state index contributed by atoms with van der Waals surface area (Å²) in [6.07, 6.45) is 12.1. The second-order valence-corrected chi connectivity index (χ2v) is 5.26. The molecular weight excluding hydrogens is 226 g/mol. The van der Waals surface area contributed by atoms with E-state index in [1.54, 1.807) is 0 Å². The molecule has 0 aliphatic rings. The minimum absolute atomic E-state index is 0.182.